The van der Waals surface area contributed by atoms with Crippen molar-refractivity contribution in [2.45, 2.75) is 37.8 Å². The number of amides is 1. The molecule has 0 saturated carbocycles. The third kappa shape index (κ3) is 1.71. The van der Waals surface area contributed by atoms with Crippen molar-refractivity contribution in [3.05, 3.63) is 35.4 Å². The molecule has 0 bridgehead atoms. The van der Waals surface area contributed by atoms with Gasteiger partial charge in [-0.2, -0.15) is 0 Å². The van der Waals surface area contributed by atoms with Crippen LogP contribution in [0.4, 0.5) is 0 Å². The number of hydrogen-bond acceptors (Lipinski definition) is 2. The molecule has 3 heterocycles. The lowest BCUT2D eigenvalue weighted by Gasteiger charge is -2.48. The topological polar surface area (TPSA) is 32.3 Å². The van der Waals surface area contributed by atoms with Crippen LogP contribution in [-0.4, -0.2) is 29.9 Å². The molecule has 3 nitrogen and oxygen atoms in total. The molecule has 19 heavy (non-hydrogen) atoms. The highest BCUT2D eigenvalue weighted by Gasteiger charge is 2.44. The molecule has 0 aliphatic carbocycles. The normalized spacial score (nSPS) is 33.4. The van der Waals surface area contributed by atoms with Crippen LogP contribution in [0.25, 0.3) is 0 Å². The second kappa shape index (κ2) is 4.34. The van der Waals surface area contributed by atoms with Crippen LogP contribution in [0, 0.1) is 5.92 Å². The van der Waals surface area contributed by atoms with Crippen LogP contribution < -0.4 is 5.32 Å². The molecular formula is C16H20N2O. The maximum atomic E-state index is 12.7. The number of hydrogen-bond donors (Lipinski definition) is 1. The van der Waals surface area contributed by atoms with E-state index in [2.05, 4.69) is 34.5 Å². The van der Waals surface area contributed by atoms with Gasteiger partial charge in [-0.05, 0) is 43.4 Å². The fraction of sp³-hybridized carbons (Fsp3) is 0.562. The number of piperidine rings is 2. The first-order valence-electron chi connectivity index (χ1n) is 7.46. The second-order valence-corrected chi connectivity index (χ2v) is 6.04. The van der Waals surface area contributed by atoms with Crippen LogP contribution in [0.5, 0.6) is 0 Å². The summed E-state index contributed by atoms with van der Waals surface area (Å²) in [7, 11) is 0. The van der Waals surface area contributed by atoms with Gasteiger partial charge in [-0.25, -0.2) is 0 Å². The van der Waals surface area contributed by atoms with Crippen molar-refractivity contribution in [3.8, 4) is 0 Å². The Morgan fingerprint density at radius 2 is 2.16 bits per heavy atom. The standard InChI is InChI=1S/C16H20N2O/c19-16-13-6-3-8-17-14(13)10-15-12-5-2-1-4-11(12)7-9-18(15)16/h1-2,4-5,13-15,17H,3,6-10H2/t13-,14-,15-/m0/s1. The van der Waals surface area contributed by atoms with Crippen molar-refractivity contribution in [1.82, 2.24) is 10.2 Å². The third-order valence-electron chi connectivity index (χ3n) is 5.07. The molecule has 4 rings (SSSR count). The summed E-state index contributed by atoms with van der Waals surface area (Å²) in [4.78, 5) is 14.8. The van der Waals surface area contributed by atoms with Gasteiger partial charge in [-0.3, -0.25) is 4.79 Å². The van der Waals surface area contributed by atoms with Crippen LogP contribution in [0.2, 0.25) is 0 Å². The lowest BCUT2D eigenvalue weighted by Crippen LogP contribution is -2.57. The summed E-state index contributed by atoms with van der Waals surface area (Å²) < 4.78 is 0. The van der Waals surface area contributed by atoms with Gasteiger partial charge in [0.05, 0.1) is 12.0 Å². The zero-order valence-corrected chi connectivity index (χ0v) is 11.1. The highest BCUT2D eigenvalue weighted by Crippen LogP contribution is 2.40. The zero-order chi connectivity index (χ0) is 12.8. The van der Waals surface area contributed by atoms with E-state index in [1.807, 2.05) is 0 Å². The smallest absolute Gasteiger partial charge is 0.227 e. The highest BCUT2D eigenvalue weighted by atomic mass is 16.2. The molecule has 1 N–H and O–H groups in total. The molecule has 3 aliphatic rings. The Morgan fingerprint density at radius 3 is 3.11 bits per heavy atom. The number of nitrogens with one attached hydrogen (secondary N) is 1. The molecule has 1 aromatic carbocycles. The Bertz CT molecular complexity index is 513. The van der Waals surface area contributed by atoms with Gasteiger partial charge in [-0.1, -0.05) is 24.3 Å². The second-order valence-electron chi connectivity index (χ2n) is 6.04. The van der Waals surface area contributed by atoms with Gasteiger partial charge in [0.1, 0.15) is 0 Å². The van der Waals surface area contributed by atoms with E-state index >= 15 is 0 Å². The lowest BCUT2D eigenvalue weighted by atomic mass is 9.77. The van der Waals surface area contributed by atoms with E-state index in [1.165, 1.54) is 11.1 Å². The molecule has 3 aliphatic heterocycles. The van der Waals surface area contributed by atoms with Gasteiger partial charge in [-0.15, -0.1) is 0 Å². The maximum absolute atomic E-state index is 12.7. The molecular weight excluding hydrogens is 236 g/mol. The Balaban J connectivity index is 1.71. The van der Waals surface area contributed by atoms with Crippen LogP contribution in [-0.2, 0) is 11.2 Å². The maximum Gasteiger partial charge on any atom is 0.227 e. The molecule has 2 saturated heterocycles. The summed E-state index contributed by atoms with van der Waals surface area (Å²) in [6.45, 7) is 1.98. The van der Waals surface area contributed by atoms with Crippen LogP contribution >= 0.6 is 0 Å². The molecule has 0 radical (unpaired) electrons. The lowest BCUT2D eigenvalue weighted by molar-refractivity contribution is -0.145. The van der Waals surface area contributed by atoms with E-state index in [-0.39, 0.29) is 5.92 Å². The molecule has 100 valence electrons. The average molecular weight is 256 g/mol. The highest BCUT2D eigenvalue weighted by molar-refractivity contribution is 5.81. The molecule has 1 amide bonds. The SMILES string of the molecule is O=C1[C@H]2CCCN[C@H]2C[C@H]2c3ccccc3CCN12. The molecule has 0 aromatic heterocycles. The number of benzene rings is 1. The Kier molecular flexibility index (Phi) is 2.62. The largest absolute Gasteiger partial charge is 0.335 e. The first-order chi connectivity index (χ1) is 9.34. The van der Waals surface area contributed by atoms with Gasteiger partial charge in [0.25, 0.3) is 0 Å². The predicted molar refractivity (Wildman–Crippen MR) is 73.7 cm³/mol. The van der Waals surface area contributed by atoms with Gasteiger partial charge in [0, 0.05) is 12.6 Å². The summed E-state index contributed by atoms with van der Waals surface area (Å²) in [6, 6.07) is 9.35. The van der Waals surface area contributed by atoms with E-state index in [9.17, 15) is 4.79 Å². The number of fused-ring (bicyclic) bond motifs is 4. The van der Waals surface area contributed by atoms with Crippen LogP contribution in [0.3, 0.4) is 0 Å². The summed E-state index contributed by atoms with van der Waals surface area (Å²) in [5, 5.41) is 3.57. The minimum Gasteiger partial charge on any atom is -0.335 e. The van der Waals surface area contributed by atoms with Crippen molar-refractivity contribution in [1.29, 1.82) is 0 Å². The summed E-state index contributed by atoms with van der Waals surface area (Å²) in [5.41, 5.74) is 2.82. The Labute approximate surface area is 114 Å². The fourth-order valence-electron chi connectivity index (χ4n) is 4.12. The zero-order valence-electron chi connectivity index (χ0n) is 11.1. The summed E-state index contributed by atoms with van der Waals surface area (Å²) >= 11 is 0. The quantitative estimate of drug-likeness (QED) is 0.768. The molecule has 0 unspecified atom stereocenters. The van der Waals surface area contributed by atoms with Crippen LogP contribution in [0.1, 0.15) is 36.4 Å². The van der Waals surface area contributed by atoms with Crippen molar-refractivity contribution in [3.63, 3.8) is 0 Å². The summed E-state index contributed by atoms with van der Waals surface area (Å²) in [5.74, 6) is 0.623. The van der Waals surface area contributed by atoms with Crippen molar-refractivity contribution in [2.24, 2.45) is 5.92 Å². The fourth-order valence-corrected chi connectivity index (χ4v) is 4.12. The molecule has 2 fully saturated rings. The first-order valence-corrected chi connectivity index (χ1v) is 7.46. The van der Waals surface area contributed by atoms with Crippen molar-refractivity contribution < 1.29 is 4.79 Å². The number of rotatable bonds is 0. The van der Waals surface area contributed by atoms with E-state index in [1.54, 1.807) is 0 Å². The monoisotopic (exact) mass is 256 g/mol. The minimum absolute atomic E-state index is 0.232. The summed E-state index contributed by atoms with van der Waals surface area (Å²) in [6.07, 6.45) is 4.32. The molecule has 1 aromatic rings. The van der Waals surface area contributed by atoms with E-state index in [4.69, 9.17) is 0 Å². The Hall–Kier alpha value is -1.35. The number of carbonyl (C=O) groups excluding carboxylic acids is 1. The van der Waals surface area contributed by atoms with Crippen LogP contribution in [0.15, 0.2) is 24.3 Å². The predicted octanol–water partition coefficient (Wildman–Crippen LogP) is 1.88. The van der Waals surface area contributed by atoms with E-state index in [0.29, 0.717) is 18.0 Å². The van der Waals surface area contributed by atoms with E-state index < -0.39 is 0 Å². The van der Waals surface area contributed by atoms with Gasteiger partial charge >= 0.3 is 0 Å². The van der Waals surface area contributed by atoms with Crippen molar-refractivity contribution in [2.75, 3.05) is 13.1 Å². The van der Waals surface area contributed by atoms with Gasteiger partial charge in [0.15, 0.2) is 0 Å². The molecule has 3 atom stereocenters. The molecule has 0 spiro atoms. The Morgan fingerprint density at radius 1 is 1.26 bits per heavy atom. The minimum atomic E-state index is 0.232. The average Bonchev–Trinajstić information content (AvgIpc) is 2.47. The van der Waals surface area contributed by atoms with E-state index in [0.717, 1.165) is 38.8 Å². The number of nitrogens with zero attached hydrogens (tertiary/aromatic N) is 1. The van der Waals surface area contributed by atoms with Gasteiger partial charge < -0.3 is 10.2 Å². The van der Waals surface area contributed by atoms with Crippen molar-refractivity contribution >= 4 is 5.91 Å². The van der Waals surface area contributed by atoms with Gasteiger partial charge in [0.2, 0.25) is 5.91 Å². The third-order valence-corrected chi connectivity index (χ3v) is 5.07. The number of carbonyl (C=O) groups is 1. The first kappa shape index (κ1) is 11.5. The molecule has 3 heteroatoms.